The summed E-state index contributed by atoms with van der Waals surface area (Å²) in [5.41, 5.74) is 5.81. The fourth-order valence-corrected chi connectivity index (χ4v) is 2.52. The second kappa shape index (κ2) is 9.02. The van der Waals surface area contributed by atoms with Crippen LogP contribution in [0.3, 0.4) is 0 Å². The van der Waals surface area contributed by atoms with Crippen molar-refractivity contribution in [2.75, 3.05) is 13.7 Å². The SMILES string of the molecule is COc1cc(C(=O)OCc2nc(-c3cccnc3)no2)cc(Cl)c1OCC(N)=O. The average Bonchev–Trinajstić information content (AvgIpc) is 3.20. The highest BCUT2D eigenvalue weighted by Gasteiger charge is 2.18. The molecule has 3 rings (SSSR count). The van der Waals surface area contributed by atoms with E-state index < -0.39 is 18.5 Å². The summed E-state index contributed by atoms with van der Waals surface area (Å²) in [6, 6.07) is 6.18. The Balaban J connectivity index is 1.68. The maximum absolute atomic E-state index is 12.3. The van der Waals surface area contributed by atoms with E-state index in [9.17, 15) is 9.59 Å². The van der Waals surface area contributed by atoms with Crippen molar-refractivity contribution >= 4 is 23.5 Å². The average molecular weight is 419 g/mol. The molecule has 10 nitrogen and oxygen atoms in total. The van der Waals surface area contributed by atoms with Crippen LogP contribution in [0, 0.1) is 0 Å². The number of aromatic nitrogens is 3. The number of primary amides is 1. The number of benzene rings is 1. The van der Waals surface area contributed by atoms with Gasteiger partial charge in [-0.2, -0.15) is 4.98 Å². The van der Waals surface area contributed by atoms with E-state index in [1.165, 1.54) is 19.2 Å². The van der Waals surface area contributed by atoms with E-state index in [0.29, 0.717) is 11.4 Å². The molecule has 0 aliphatic heterocycles. The first kappa shape index (κ1) is 20.1. The maximum atomic E-state index is 12.3. The number of nitrogens with zero attached hydrogens (tertiary/aromatic N) is 3. The molecule has 29 heavy (non-hydrogen) atoms. The minimum atomic E-state index is -0.701. The van der Waals surface area contributed by atoms with Crippen molar-refractivity contribution in [3.8, 4) is 22.9 Å². The van der Waals surface area contributed by atoms with Gasteiger partial charge in [-0.3, -0.25) is 9.78 Å². The molecule has 3 aromatic rings. The Morgan fingerprint density at radius 1 is 1.31 bits per heavy atom. The second-order valence-corrected chi connectivity index (χ2v) is 5.98. The molecule has 11 heteroatoms. The first-order valence-corrected chi connectivity index (χ1v) is 8.54. The van der Waals surface area contributed by atoms with E-state index in [2.05, 4.69) is 15.1 Å². The Labute approximate surface area is 169 Å². The summed E-state index contributed by atoms with van der Waals surface area (Å²) < 4.78 is 20.6. The molecule has 0 aliphatic carbocycles. The van der Waals surface area contributed by atoms with Gasteiger partial charge in [0.15, 0.2) is 24.7 Å². The summed E-state index contributed by atoms with van der Waals surface area (Å²) in [5, 5.41) is 3.86. The van der Waals surface area contributed by atoms with Crippen molar-refractivity contribution in [1.82, 2.24) is 15.1 Å². The Bertz CT molecular complexity index is 1020. The van der Waals surface area contributed by atoms with Crippen LogP contribution in [0.2, 0.25) is 5.02 Å². The molecule has 0 spiro atoms. The number of methoxy groups -OCH3 is 1. The molecule has 0 atom stereocenters. The quantitative estimate of drug-likeness (QED) is 0.544. The lowest BCUT2D eigenvalue weighted by Crippen LogP contribution is -2.20. The van der Waals surface area contributed by atoms with Gasteiger partial charge >= 0.3 is 5.97 Å². The van der Waals surface area contributed by atoms with E-state index in [-0.39, 0.29) is 34.6 Å². The van der Waals surface area contributed by atoms with Crippen molar-refractivity contribution in [2.45, 2.75) is 6.61 Å². The monoisotopic (exact) mass is 418 g/mol. The summed E-state index contributed by atoms with van der Waals surface area (Å²) in [6.07, 6.45) is 3.20. The van der Waals surface area contributed by atoms with Crippen molar-refractivity contribution in [3.05, 3.63) is 53.1 Å². The largest absolute Gasteiger partial charge is 0.493 e. The van der Waals surface area contributed by atoms with E-state index in [1.54, 1.807) is 24.5 Å². The van der Waals surface area contributed by atoms with E-state index >= 15 is 0 Å². The molecule has 2 heterocycles. The molecule has 0 unspecified atom stereocenters. The number of esters is 1. The number of pyridine rings is 1. The third-order valence-corrected chi connectivity index (χ3v) is 3.82. The number of hydrogen-bond acceptors (Lipinski definition) is 9. The number of amides is 1. The van der Waals surface area contributed by atoms with Crippen LogP contribution in [0.25, 0.3) is 11.4 Å². The first-order chi connectivity index (χ1) is 14.0. The van der Waals surface area contributed by atoms with Crippen LogP contribution < -0.4 is 15.2 Å². The molecule has 2 N–H and O–H groups in total. The highest BCUT2D eigenvalue weighted by molar-refractivity contribution is 6.32. The summed E-state index contributed by atoms with van der Waals surface area (Å²) >= 11 is 6.12. The van der Waals surface area contributed by atoms with E-state index in [0.717, 1.165) is 0 Å². The van der Waals surface area contributed by atoms with Crippen LogP contribution >= 0.6 is 11.6 Å². The molecular weight excluding hydrogens is 404 g/mol. The number of ether oxygens (including phenoxy) is 3. The van der Waals surface area contributed by atoms with Crippen molar-refractivity contribution in [1.29, 1.82) is 0 Å². The minimum absolute atomic E-state index is 0.0502. The zero-order valence-corrected chi connectivity index (χ0v) is 15.9. The van der Waals surface area contributed by atoms with Gasteiger partial charge in [-0.1, -0.05) is 16.8 Å². The molecule has 0 saturated carbocycles. The van der Waals surface area contributed by atoms with Gasteiger partial charge in [0.25, 0.3) is 11.8 Å². The molecule has 0 saturated heterocycles. The predicted molar refractivity (Wildman–Crippen MR) is 99.3 cm³/mol. The molecule has 0 fully saturated rings. The van der Waals surface area contributed by atoms with Crippen LogP contribution in [-0.4, -0.2) is 40.7 Å². The molecule has 150 valence electrons. The Hall–Kier alpha value is -3.66. The smallest absolute Gasteiger partial charge is 0.338 e. The number of carbonyl (C=O) groups excluding carboxylic acids is 2. The Kier molecular flexibility index (Phi) is 6.25. The standard InChI is InChI=1S/C18H15ClN4O6/c1-26-13-6-11(5-12(19)16(13)27-8-14(20)24)18(25)28-9-15-22-17(23-29-15)10-3-2-4-21-7-10/h2-7H,8-9H2,1H3,(H2,20,24). The normalized spacial score (nSPS) is 10.4. The molecular formula is C18H15ClN4O6. The van der Waals surface area contributed by atoms with Crippen LogP contribution in [0.5, 0.6) is 11.5 Å². The summed E-state index contributed by atoms with van der Waals surface area (Å²) in [5.74, 6) is -0.726. The predicted octanol–water partition coefficient (Wildman–Crippen LogP) is 2.01. The highest BCUT2D eigenvalue weighted by atomic mass is 35.5. The summed E-state index contributed by atoms with van der Waals surface area (Å²) in [7, 11) is 1.36. The lowest BCUT2D eigenvalue weighted by atomic mass is 10.2. The van der Waals surface area contributed by atoms with Gasteiger partial charge in [0.2, 0.25) is 5.82 Å². The molecule has 0 bridgehead atoms. The van der Waals surface area contributed by atoms with Crippen LogP contribution in [0.4, 0.5) is 0 Å². The zero-order valence-electron chi connectivity index (χ0n) is 15.1. The highest BCUT2D eigenvalue weighted by Crippen LogP contribution is 2.36. The topological polar surface area (TPSA) is 140 Å². The number of halogens is 1. The molecule has 0 aliphatic rings. The van der Waals surface area contributed by atoms with Gasteiger partial charge in [0, 0.05) is 18.0 Å². The summed E-state index contributed by atoms with van der Waals surface area (Å²) in [6.45, 7) is -0.637. The molecule has 1 amide bonds. The van der Waals surface area contributed by atoms with Crippen LogP contribution in [-0.2, 0) is 16.1 Å². The van der Waals surface area contributed by atoms with E-state index in [1.807, 2.05) is 0 Å². The van der Waals surface area contributed by atoms with Crippen molar-refractivity contribution in [3.63, 3.8) is 0 Å². The number of nitrogens with two attached hydrogens (primary N) is 1. The van der Waals surface area contributed by atoms with Gasteiger partial charge in [-0.25, -0.2) is 4.79 Å². The zero-order chi connectivity index (χ0) is 20.8. The van der Waals surface area contributed by atoms with Crippen LogP contribution in [0.1, 0.15) is 16.2 Å². The maximum Gasteiger partial charge on any atom is 0.338 e. The first-order valence-electron chi connectivity index (χ1n) is 8.16. The minimum Gasteiger partial charge on any atom is -0.493 e. The van der Waals surface area contributed by atoms with Gasteiger partial charge < -0.3 is 24.5 Å². The number of rotatable bonds is 8. The number of hydrogen-bond donors (Lipinski definition) is 1. The van der Waals surface area contributed by atoms with Gasteiger partial charge in [0.1, 0.15) is 0 Å². The Morgan fingerprint density at radius 2 is 2.14 bits per heavy atom. The number of carbonyl (C=O) groups is 2. The molecule has 2 aromatic heterocycles. The molecule has 0 radical (unpaired) electrons. The third-order valence-electron chi connectivity index (χ3n) is 3.54. The lowest BCUT2D eigenvalue weighted by Gasteiger charge is -2.12. The third kappa shape index (κ3) is 4.99. The second-order valence-electron chi connectivity index (χ2n) is 5.57. The summed E-state index contributed by atoms with van der Waals surface area (Å²) in [4.78, 5) is 31.3. The van der Waals surface area contributed by atoms with E-state index in [4.69, 9.17) is 36.1 Å². The molecule has 1 aromatic carbocycles. The van der Waals surface area contributed by atoms with Gasteiger partial charge in [0.05, 0.1) is 17.7 Å². The van der Waals surface area contributed by atoms with Gasteiger partial charge in [-0.15, -0.1) is 0 Å². The van der Waals surface area contributed by atoms with Crippen LogP contribution in [0.15, 0.2) is 41.2 Å². The lowest BCUT2D eigenvalue weighted by molar-refractivity contribution is -0.119. The fourth-order valence-electron chi connectivity index (χ4n) is 2.26. The van der Waals surface area contributed by atoms with Gasteiger partial charge in [-0.05, 0) is 24.3 Å². The van der Waals surface area contributed by atoms with Crippen molar-refractivity contribution < 1.29 is 28.3 Å². The Morgan fingerprint density at radius 3 is 2.83 bits per heavy atom. The fraction of sp³-hybridized carbons (Fsp3) is 0.167. The van der Waals surface area contributed by atoms with Crippen molar-refractivity contribution in [2.24, 2.45) is 5.73 Å².